The number of carbonyl (C=O) groups is 1. The Labute approximate surface area is 200 Å². The zero-order valence-electron chi connectivity index (χ0n) is 17.9. The summed E-state index contributed by atoms with van der Waals surface area (Å²) in [5.41, 5.74) is 1.35. The number of rotatable bonds is 5. The molecule has 0 aromatic heterocycles. The molecule has 2 aromatic rings. The third kappa shape index (κ3) is 5.30. The lowest BCUT2D eigenvalue weighted by atomic mass is 9.89. The molecule has 0 spiro atoms. The van der Waals surface area contributed by atoms with Crippen molar-refractivity contribution in [2.45, 2.75) is 37.0 Å². The lowest BCUT2D eigenvalue weighted by Gasteiger charge is -2.37. The van der Waals surface area contributed by atoms with Crippen LogP contribution >= 0.6 is 23.2 Å². The highest BCUT2D eigenvalue weighted by Crippen LogP contribution is 2.31. The van der Waals surface area contributed by atoms with E-state index in [2.05, 4.69) is 24.3 Å². The Balaban J connectivity index is 1.30. The maximum absolute atomic E-state index is 13.1. The summed E-state index contributed by atoms with van der Waals surface area (Å²) < 4.78 is 27.4. The highest BCUT2D eigenvalue weighted by Gasteiger charge is 2.35. The highest BCUT2D eigenvalue weighted by molar-refractivity contribution is 7.89. The van der Waals surface area contributed by atoms with E-state index in [4.69, 9.17) is 23.2 Å². The quantitative estimate of drug-likeness (QED) is 0.595. The monoisotopic (exact) mass is 494 g/mol. The second-order valence-electron chi connectivity index (χ2n) is 8.71. The van der Waals surface area contributed by atoms with E-state index < -0.39 is 10.0 Å². The number of likely N-dealkylation sites (tertiary alicyclic amines) is 1. The van der Waals surface area contributed by atoms with Crippen LogP contribution in [0.3, 0.4) is 0 Å². The Morgan fingerprint density at radius 3 is 2.22 bits per heavy atom. The molecule has 1 amide bonds. The molecular weight excluding hydrogens is 467 g/mol. The first-order valence-corrected chi connectivity index (χ1v) is 13.3. The topological polar surface area (TPSA) is 57.7 Å². The van der Waals surface area contributed by atoms with Crippen molar-refractivity contribution < 1.29 is 13.2 Å². The molecule has 0 aliphatic carbocycles. The molecule has 2 fully saturated rings. The van der Waals surface area contributed by atoms with Crippen LogP contribution in [0.1, 0.15) is 31.2 Å². The summed E-state index contributed by atoms with van der Waals surface area (Å²) in [4.78, 5) is 15.1. The zero-order chi connectivity index (χ0) is 22.7. The number of halogens is 2. The van der Waals surface area contributed by atoms with E-state index in [1.165, 1.54) is 22.0 Å². The van der Waals surface area contributed by atoms with Gasteiger partial charge in [0.2, 0.25) is 15.9 Å². The first-order valence-electron chi connectivity index (χ1n) is 11.1. The van der Waals surface area contributed by atoms with Gasteiger partial charge in [0.15, 0.2) is 0 Å². The van der Waals surface area contributed by atoms with Crippen LogP contribution in [0.4, 0.5) is 0 Å². The van der Waals surface area contributed by atoms with Crippen molar-refractivity contribution in [3.63, 3.8) is 0 Å². The minimum Gasteiger partial charge on any atom is -0.342 e. The standard InChI is InChI=1S/C24H28Cl2N2O3S/c25-21-6-7-22(26)23(17-21)32(30,31)28-14-10-20(11-15-28)24(29)27-12-8-19(9-13-27)16-18-4-2-1-3-5-18/h1-7,17,19-20H,8-16H2. The summed E-state index contributed by atoms with van der Waals surface area (Å²) in [5, 5.41) is 0.486. The highest BCUT2D eigenvalue weighted by atomic mass is 35.5. The van der Waals surface area contributed by atoms with E-state index in [1.54, 1.807) is 6.07 Å². The Kier molecular flexibility index (Phi) is 7.45. The van der Waals surface area contributed by atoms with E-state index in [0.29, 0.717) is 36.9 Å². The molecule has 0 unspecified atom stereocenters. The van der Waals surface area contributed by atoms with Crippen molar-refractivity contribution >= 4 is 39.1 Å². The van der Waals surface area contributed by atoms with Gasteiger partial charge < -0.3 is 4.90 Å². The molecule has 0 saturated carbocycles. The van der Waals surface area contributed by atoms with Gasteiger partial charge in [-0.25, -0.2) is 8.42 Å². The average molecular weight is 495 g/mol. The summed E-state index contributed by atoms with van der Waals surface area (Å²) in [7, 11) is -3.73. The molecule has 172 valence electrons. The maximum Gasteiger partial charge on any atom is 0.244 e. The Morgan fingerprint density at radius 1 is 0.906 bits per heavy atom. The van der Waals surface area contributed by atoms with E-state index in [0.717, 1.165) is 32.4 Å². The number of sulfonamides is 1. The second-order valence-corrected chi connectivity index (χ2v) is 11.5. The number of piperidine rings is 2. The van der Waals surface area contributed by atoms with Crippen LogP contribution in [0, 0.1) is 11.8 Å². The molecule has 5 nitrogen and oxygen atoms in total. The fourth-order valence-electron chi connectivity index (χ4n) is 4.72. The Morgan fingerprint density at radius 2 is 1.56 bits per heavy atom. The Hall–Kier alpha value is -1.60. The maximum atomic E-state index is 13.1. The first-order chi connectivity index (χ1) is 15.3. The van der Waals surface area contributed by atoms with Crippen LogP contribution < -0.4 is 0 Å². The molecule has 0 atom stereocenters. The minimum absolute atomic E-state index is 0.0249. The molecular formula is C24H28Cl2N2O3S. The molecule has 0 radical (unpaired) electrons. The molecule has 32 heavy (non-hydrogen) atoms. The number of hydrogen-bond donors (Lipinski definition) is 0. The Bertz CT molecular complexity index is 1050. The van der Waals surface area contributed by atoms with Crippen LogP contribution in [0.5, 0.6) is 0 Å². The van der Waals surface area contributed by atoms with Crippen molar-refractivity contribution in [2.75, 3.05) is 26.2 Å². The smallest absolute Gasteiger partial charge is 0.244 e. The van der Waals surface area contributed by atoms with Gasteiger partial charge in [-0.1, -0.05) is 53.5 Å². The van der Waals surface area contributed by atoms with Gasteiger partial charge in [-0.2, -0.15) is 4.31 Å². The van der Waals surface area contributed by atoms with E-state index >= 15 is 0 Å². The zero-order valence-corrected chi connectivity index (χ0v) is 20.2. The molecule has 2 saturated heterocycles. The summed E-state index contributed by atoms with van der Waals surface area (Å²) in [6.07, 6.45) is 4.15. The van der Waals surface area contributed by atoms with Gasteiger partial charge in [0.25, 0.3) is 0 Å². The fraction of sp³-hybridized carbons (Fsp3) is 0.458. The van der Waals surface area contributed by atoms with E-state index in [-0.39, 0.29) is 21.7 Å². The van der Waals surface area contributed by atoms with Crippen molar-refractivity contribution in [1.82, 2.24) is 9.21 Å². The minimum atomic E-state index is -3.73. The predicted octanol–water partition coefficient (Wildman–Crippen LogP) is 4.88. The van der Waals surface area contributed by atoms with Gasteiger partial charge in [-0.3, -0.25) is 4.79 Å². The molecule has 0 bridgehead atoms. The molecule has 8 heteroatoms. The van der Waals surface area contributed by atoms with Gasteiger partial charge in [-0.15, -0.1) is 0 Å². The lowest BCUT2D eigenvalue weighted by Crippen LogP contribution is -2.46. The average Bonchev–Trinajstić information content (AvgIpc) is 2.81. The largest absolute Gasteiger partial charge is 0.342 e. The summed E-state index contributed by atoms with van der Waals surface area (Å²) in [6.45, 7) is 2.19. The second kappa shape index (κ2) is 10.1. The van der Waals surface area contributed by atoms with Gasteiger partial charge >= 0.3 is 0 Å². The fourth-order valence-corrected chi connectivity index (χ4v) is 6.93. The number of benzene rings is 2. The number of carbonyl (C=O) groups excluding carboxylic acids is 1. The molecule has 2 heterocycles. The third-order valence-electron chi connectivity index (χ3n) is 6.61. The van der Waals surface area contributed by atoms with Gasteiger partial charge in [-0.05, 0) is 61.8 Å². The lowest BCUT2D eigenvalue weighted by molar-refractivity contribution is -0.138. The van der Waals surface area contributed by atoms with Gasteiger partial charge in [0, 0.05) is 37.1 Å². The van der Waals surface area contributed by atoms with Crippen molar-refractivity contribution in [3.05, 3.63) is 64.1 Å². The molecule has 2 aromatic carbocycles. The van der Waals surface area contributed by atoms with Crippen LogP contribution in [0.15, 0.2) is 53.4 Å². The molecule has 4 rings (SSSR count). The number of hydrogen-bond acceptors (Lipinski definition) is 3. The summed E-state index contributed by atoms with van der Waals surface area (Å²) in [5.74, 6) is 0.652. The molecule has 2 aliphatic rings. The normalized spacial score (nSPS) is 19.2. The summed E-state index contributed by atoms with van der Waals surface area (Å²) in [6, 6.07) is 14.9. The van der Waals surface area contributed by atoms with E-state index in [9.17, 15) is 13.2 Å². The first kappa shape index (κ1) is 23.6. The van der Waals surface area contributed by atoms with E-state index in [1.807, 2.05) is 11.0 Å². The van der Waals surface area contributed by atoms with Crippen molar-refractivity contribution in [2.24, 2.45) is 11.8 Å². The predicted molar refractivity (Wildman–Crippen MR) is 127 cm³/mol. The summed E-state index contributed by atoms with van der Waals surface area (Å²) >= 11 is 12.1. The molecule has 2 aliphatic heterocycles. The van der Waals surface area contributed by atoms with Crippen LogP contribution in [0.25, 0.3) is 0 Å². The number of amides is 1. The van der Waals surface area contributed by atoms with Gasteiger partial charge in [0.05, 0.1) is 5.02 Å². The third-order valence-corrected chi connectivity index (χ3v) is 9.22. The van der Waals surface area contributed by atoms with Gasteiger partial charge in [0.1, 0.15) is 4.90 Å². The van der Waals surface area contributed by atoms with Crippen LogP contribution in [-0.2, 0) is 21.2 Å². The SMILES string of the molecule is O=C(C1CCN(S(=O)(=O)c2cc(Cl)ccc2Cl)CC1)N1CCC(Cc2ccccc2)CC1. The van der Waals surface area contributed by atoms with Crippen molar-refractivity contribution in [1.29, 1.82) is 0 Å². The van der Waals surface area contributed by atoms with Crippen molar-refractivity contribution in [3.8, 4) is 0 Å². The van der Waals surface area contributed by atoms with Crippen LogP contribution in [-0.4, -0.2) is 49.7 Å². The van der Waals surface area contributed by atoms with Crippen LogP contribution in [0.2, 0.25) is 10.0 Å². The molecule has 0 N–H and O–H groups in total. The number of nitrogens with zero attached hydrogens (tertiary/aromatic N) is 2.